The summed E-state index contributed by atoms with van der Waals surface area (Å²) in [5.41, 5.74) is 2.90. The van der Waals surface area contributed by atoms with Crippen molar-refractivity contribution in [2.45, 2.75) is 31.7 Å². The fraction of sp³-hybridized carbons (Fsp3) is 0.375. The van der Waals surface area contributed by atoms with Gasteiger partial charge < -0.3 is 9.73 Å². The van der Waals surface area contributed by atoms with E-state index >= 15 is 0 Å². The zero-order valence-electron chi connectivity index (χ0n) is 10.6. The van der Waals surface area contributed by atoms with Crippen molar-refractivity contribution in [3.63, 3.8) is 0 Å². The lowest BCUT2D eigenvalue weighted by Gasteiger charge is -2.06. The third-order valence-corrected chi connectivity index (χ3v) is 3.46. The Morgan fingerprint density at radius 1 is 1.17 bits per heavy atom. The topological polar surface area (TPSA) is 25.2 Å². The summed E-state index contributed by atoms with van der Waals surface area (Å²) in [5.74, 6) is 1.89. The van der Waals surface area contributed by atoms with Crippen molar-refractivity contribution in [1.29, 1.82) is 0 Å². The Hall–Kier alpha value is -1.54. The van der Waals surface area contributed by atoms with Crippen LogP contribution in [0.5, 0.6) is 0 Å². The molecule has 0 bridgehead atoms. The highest BCUT2D eigenvalue weighted by atomic mass is 16.3. The normalized spacial score (nSPS) is 14.9. The maximum atomic E-state index is 5.30. The van der Waals surface area contributed by atoms with Gasteiger partial charge in [-0.2, -0.15) is 0 Å². The molecule has 0 spiro atoms. The van der Waals surface area contributed by atoms with E-state index in [9.17, 15) is 0 Å². The first-order valence-electron chi connectivity index (χ1n) is 6.74. The van der Waals surface area contributed by atoms with E-state index in [1.54, 1.807) is 6.26 Å². The molecule has 1 aromatic heterocycles. The van der Waals surface area contributed by atoms with Crippen LogP contribution in [0.25, 0.3) is 0 Å². The molecule has 0 aliphatic heterocycles. The standard InChI is InChI=1S/C16H19NO/c1-3-13(11-15(4-1)14-6-7-14)12-17-9-8-16-5-2-10-18-16/h1-5,10-11,14,17H,6-9,12H2. The van der Waals surface area contributed by atoms with Gasteiger partial charge in [-0.25, -0.2) is 0 Å². The van der Waals surface area contributed by atoms with Gasteiger partial charge in [0.05, 0.1) is 6.26 Å². The summed E-state index contributed by atoms with van der Waals surface area (Å²) in [6.07, 6.45) is 5.43. The summed E-state index contributed by atoms with van der Waals surface area (Å²) in [6.45, 7) is 1.91. The van der Waals surface area contributed by atoms with Crippen molar-refractivity contribution in [3.05, 3.63) is 59.5 Å². The van der Waals surface area contributed by atoms with Crippen LogP contribution in [0.15, 0.2) is 47.1 Å². The zero-order chi connectivity index (χ0) is 12.2. The van der Waals surface area contributed by atoms with Gasteiger partial charge in [-0.05, 0) is 42.0 Å². The Morgan fingerprint density at radius 3 is 2.89 bits per heavy atom. The minimum atomic E-state index is 0.841. The first kappa shape index (κ1) is 11.5. The maximum absolute atomic E-state index is 5.30. The van der Waals surface area contributed by atoms with Crippen LogP contribution in [0.4, 0.5) is 0 Å². The summed E-state index contributed by atoms with van der Waals surface area (Å²) in [5, 5.41) is 3.47. The molecule has 2 heteroatoms. The van der Waals surface area contributed by atoms with Crippen LogP contribution < -0.4 is 5.32 Å². The highest BCUT2D eigenvalue weighted by Gasteiger charge is 2.23. The molecular formula is C16H19NO. The second-order valence-corrected chi connectivity index (χ2v) is 5.03. The molecule has 94 valence electrons. The van der Waals surface area contributed by atoms with E-state index in [1.165, 1.54) is 24.0 Å². The molecule has 1 aliphatic rings. The second kappa shape index (κ2) is 5.40. The molecule has 1 aromatic carbocycles. The van der Waals surface area contributed by atoms with Crippen molar-refractivity contribution in [3.8, 4) is 0 Å². The molecule has 1 N–H and O–H groups in total. The highest BCUT2D eigenvalue weighted by Crippen LogP contribution is 2.40. The Bertz CT molecular complexity index is 486. The van der Waals surface area contributed by atoms with Crippen molar-refractivity contribution < 1.29 is 4.42 Å². The molecule has 18 heavy (non-hydrogen) atoms. The average molecular weight is 241 g/mol. The third-order valence-electron chi connectivity index (χ3n) is 3.46. The molecule has 0 amide bonds. The molecule has 2 nitrogen and oxygen atoms in total. The molecule has 1 saturated carbocycles. The largest absolute Gasteiger partial charge is 0.469 e. The number of benzene rings is 1. The van der Waals surface area contributed by atoms with Gasteiger partial charge in [-0.3, -0.25) is 0 Å². The van der Waals surface area contributed by atoms with Crippen LogP contribution >= 0.6 is 0 Å². The van der Waals surface area contributed by atoms with Gasteiger partial charge in [0, 0.05) is 19.5 Å². The maximum Gasteiger partial charge on any atom is 0.105 e. The third kappa shape index (κ3) is 3.02. The predicted octanol–water partition coefficient (Wildman–Crippen LogP) is 3.49. The fourth-order valence-corrected chi connectivity index (χ4v) is 2.27. The number of furan rings is 1. The van der Waals surface area contributed by atoms with E-state index in [2.05, 4.69) is 29.6 Å². The van der Waals surface area contributed by atoms with Crippen LogP contribution in [0.1, 0.15) is 35.6 Å². The number of nitrogens with one attached hydrogen (secondary N) is 1. The molecule has 0 radical (unpaired) electrons. The van der Waals surface area contributed by atoms with Gasteiger partial charge in [0.15, 0.2) is 0 Å². The monoisotopic (exact) mass is 241 g/mol. The number of rotatable bonds is 6. The SMILES string of the molecule is c1cc(CNCCc2ccco2)cc(C2CC2)c1. The minimum absolute atomic E-state index is 0.841. The zero-order valence-corrected chi connectivity index (χ0v) is 10.6. The Morgan fingerprint density at radius 2 is 2.11 bits per heavy atom. The van der Waals surface area contributed by atoms with E-state index in [4.69, 9.17) is 4.42 Å². The fourth-order valence-electron chi connectivity index (χ4n) is 2.27. The lowest BCUT2D eigenvalue weighted by molar-refractivity contribution is 0.499. The molecule has 3 rings (SSSR count). The Balaban J connectivity index is 1.46. The minimum Gasteiger partial charge on any atom is -0.469 e. The van der Waals surface area contributed by atoms with E-state index in [0.29, 0.717) is 0 Å². The van der Waals surface area contributed by atoms with Crippen LogP contribution in [0, 0.1) is 0 Å². The van der Waals surface area contributed by atoms with E-state index in [1.807, 2.05) is 12.1 Å². The summed E-state index contributed by atoms with van der Waals surface area (Å²) in [4.78, 5) is 0. The van der Waals surface area contributed by atoms with E-state index in [0.717, 1.165) is 31.2 Å². The Kier molecular flexibility index (Phi) is 3.47. The highest BCUT2D eigenvalue weighted by molar-refractivity contribution is 5.29. The summed E-state index contributed by atoms with van der Waals surface area (Å²) >= 11 is 0. The molecule has 2 aromatic rings. The van der Waals surface area contributed by atoms with Crippen molar-refractivity contribution in [2.75, 3.05) is 6.54 Å². The van der Waals surface area contributed by atoms with Gasteiger partial charge in [-0.15, -0.1) is 0 Å². The molecule has 1 fully saturated rings. The smallest absolute Gasteiger partial charge is 0.105 e. The van der Waals surface area contributed by atoms with E-state index < -0.39 is 0 Å². The van der Waals surface area contributed by atoms with Crippen molar-refractivity contribution in [2.24, 2.45) is 0 Å². The lowest BCUT2D eigenvalue weighted by Crippen LogP contribution is -2.16. The molecule has 1 heterocycles. The van der Waals surface area contributed by atoms with Crippen molar-refractivity contribution in [1.82, 2.24) is 5.32 Å². The van der Waals surface area contributed by atoms with Crippen LogP contribution in [0.2, 0.25) is 0 Å². The molecule has 0 atom stereocenters. The predicted molar refractivity (Wildman–Crippen MR) is 72.5 cm³/mol. The number of hydrogen-bond donors (Lipinski definition) is 1. The Labute approximate surface area is 108 Å². The van der Waals surface area contributed by atoms with Gasteiger partial charge in [0.25, 0.3) is 0 Å². The first-order valence-corrected chi connectivity index (χ1v) is 6.74. The number of hydrogen-bond acceptors (Lipinski definition) is 2. The quantitative estimate of drug-likeness (QED) is 0.783. The van der Waals surface area contributed by atoms with Crippen LogP contribution in [-0.4, -0.2) is 6.54 Å². The second-order valence-electron chi connectivity index (χ2n) is 5.03. The summed E-state index contributed by atoms with van der Waals surface area (Å²) < 4.78 is 5.30. The van der Waals surface area contributed by atoms with Crippen molar-refractivity contribution >= 4 is 0 Å². The molecule has 0 unspecified atom stereocenters. The average Bonchev–Trinajstić information content (AvgIpc) is 3.13. The van der Waals surface area contributed by atoms with Gasteiger partial charge in [-0.1, -0.05) is 24.3 Å². The van der Waals surface area contributed by atoms with E-state index in [-0.39, 0.29) is 0 Å². The molecule has 1 aliphatic carbocycles. The van der Waals surface area contributed by atoms with Crippen LogP contribution in [0.3, 0.4) is 0 Å². The summed E-state index contributed by atoms with van der Waals surface area (Å²) in [6, 6.07) is 12.9. The van der Waals surface area contributed by atoms with Gasteiger partial charge in [0.2, 0.25) is 0 Å². The van der Waals surface area contributed by atoms with Gasteiger partial charge in [0.1, 0.15) is 5.76 Å². The summed E-state index contributed by atoms with van der Waals surface area (Å²) in [7, 11) is 0. The molecular weight excluding hydrogens is 222 g/mol. The lowest BCUT2D eigenvalue weighted by atomic mass is 10.1. The first-order chi connectivity index (χ1) is 8.92. The van der Waals surface area contributed by atoms with Crippen LogP contribution in [-0.2, 0) is 13.0 Å². The van der Waals surface area contributed by atoms with Gasteiger partial charge >= 0.3 is 0 Å². The molecule has 0 saturated heterocycles.